The van der Waals surface area contributed by atoms with Gasteiger partial charge in [-0.1, -0.05) is 48.5 Å². The first kappa shape index (κ1) is 25.8. The summed E-state index contributed by atoms with van der Waals surface area (Å²) in [5.41, 5.74) is 3.58. The van der Waals surface area contributed by atoms with E-state index in [-0.39, 0.29) is 11.8 Å². The number of hydroxylamine groups is 2. The summed E-state index contributed by atoms with van der Waals surface area (Å²) in [4.78, 5) is 57.5. The minimum absolute atomic E-state index is 0.161. The van der Waals surface area contributed by atoms with Gasteiger partial charge in [0.25, 0.3) is 11.8 Å². The van der Waals surface area contributed by atoms with Crippen LogP contribution in [0.3, 0.4) is 0 Å². The molecule has 0 spiro atoms. The van der Waals surface area contributed by atoms with E-state index in [0.29, 0.717) is 6.54 Å². The number of carbonyl (C=O) groups is 4. The average molecular weight is 403 g/mol. The summed E-state index contributed by atoms with van der Waals surface area (Å²) in [5, 5.41) is 11.5. The Morgan fingerprint density at radius 1 is 0.929 bits per heavy atom. The summed E-state index contributed by atoms with van der Waals surface area (Å²) in [6, 6.07) is 0. The van der Waals surface area contributed by atoms with Gasteiger partial charge >= 0.3 is 5.97 Å². The van der Waals surface area contributed by atoms with E-state index in [2.05, 4.69) is 16.3 Å². The summed E-state index contributed by atoms with van der Waals surface area (Å²) < 4.78 is 0. The Hall–Kier alpha value is -2.20. The number of amides is 3. The number of rotatable bonds is 11. The van der Waals surface area contributed by atoms with Crippen LogP contribution in [0, 0.1) is 17.3 Å². The van der Waals surface area contributed by atoms with E-state index in [0.717, 1.165) is 0 Å². The van der Waals surface area contributed by atoms with E-state index in [9.17, 15) is 19.2 Å². The quantitative estimate of drug-likeness (QED) is 0.373. The van der Waals surface area contributed by atoms with Crippen LogP contribution in [0.2, 0.25) is 0 Å². The molecule has 0 heterocycles. The first-order chi connectivity index (χ1) is 12.8. The minimum atomic E-state index is -1.41. The molecule has 28 heavy (non-hydrogen) atoms. The van der Waals surface area contributed by atoms with Crippen LogP contribution in [-0.2, 0) is 28.9 Å². The monoisotopic (exact) mass is 403 g/mol. The molecule has 0 bridgehead atoms. The Morgan fingerprint density at radius 3 is 1.93 bits per heavy atom. The Kier molecular flexibility index (Phi) is 10.7. The summed E-state index contributed by atoms with van der Waals surface area (Å²) in [6.07, 6.45) is -3.13. The lowest BCUT2D eigenvalue weighted by Crippen LogP contribution is -2.49. The molecule has 2 atom stereocenters. The van der Waals surface area contributed by atoms with Crippen molar-refractivity contribution in [3.8, 4) is 0 Å². The van der Waals surface area contributed by atoms with Gasteiger partial charge in [0.2, 0.25) is 5.91 Å². The molecule has 0 aliphatic rings. The SMILES string of the molecule is CC(C)CNC(=O)[C@@H](CC(=O)O)ONC(=O)[C@H](ONC(=O)C(C)(C)C)C(C)C. The lowest BCUT2D eigenvalue weighted by atomic mass is 9.96. The highest BCUT2D eigenvalue weighted by Gasteiger charge is 2.30. The Morgan fingerprint density at radius 2 is 1.50 bits per heavy atom. The third-order valence-electron chi connectivity index (χ3n) is 3.46. The highest BCUT2D eigenvalue weighted by molar-refractivity contribution is 5.86. The molecule has 0 unspecified atom stereocenters. The van der Waals surface area contributed by atoms with Crippen molar-refractivity contribution in [3.63, 3.8) is 0 Å². The number of hydrogen-bond donors (Lipinski definition) is 4. The van der Waals surface area contributed by atoms with Crippen molar-refractivity contribution in [2.75, 3.05) is 6.54 Å². The van der Waals surface area contributed by atoms with Crippen LogP contribution in [0.4, 0.5) is 0 Å². The second-order valence-electron chi connectivity index (χ2n) is 8.27. The summed E-state index contributed by atoms with van der Waals surface area (Å²) in [5.74, 6) is -3.25. The van der Waals surface area contributed by atoms with E-state index in [1.807, 2.05) is 13.8 Å². The Balaban J connectivity index is 4.90. The molecular formula is C18H33N3O7. The second-order valence-corrected chi connectivity index (χ2v) is 8.27. The molecule has 0 saturated heterocycles. The number of carboxylic acid groups (broad SMARTS) is 1. The van der Waals surface area contributed by atoms with Crippen LogP contribution in [-0.4, -0.2) is 47.6 Å². The van der Waals surface area contributed by atoms with Crippen molar-refractivity contribution in [2.45, 2.75) is 67.1 Å². The standard InChI is InChI=1S/C18H33N3O7/c1-10(2)9-19-15(24)12(8-13(22)23)27-20-16(25)14(11(3)4)28-21-17(26)18(5,6)7/h10-12,14H,8-9H2,1-7H3,(H,19,24)(H,20,25)(H,21,26)(H,22,23)/t12-,14-/m1/s1. The molecule has 0 aromatic rings. The van der Waals surface area contributed by atoms with Gasteiger partial charge in [0.05, 0.1) is 6.42 Å². The average Bonchev–Trinajstić information content (AvgIpc) is 2.54. The van der Waals surface area contributed by atoms with Gasteiger partial charge in [-0.25, -0.2) is 11.0 Å². The van der Waals surface area contributed by atoms with Gasteiger partial charge in [0, 0.05) is 12.0 Å². The number of nitrogens with one attached hydrogen (secondary N) is 3. The highest BCUT2D eigenvalue weighted by Crippen LogP contribution is 2.14. The number of aliphatic carboxylic acids is 1. The fourth-order valence-corrected chi connectivity index (χ4v) is 1.71. The third kappa shape index (κ3) is 10.2. The normalized spacial score (nSPS) is 13.8. The van der Waals surface area contributed by atoms with Crippen LogP contribution in [0.25, 0.3) is 0 Å². The van der Waals surface area contributed by atoms with Crippen LogP contribution in [0.15, 0.2) is 0 Å². The molecule has 10 nitrogen and oxygen atoms in total. The van der Waals surface area contributed by atoms with Crippen LogP contribution in [0.1, 0.15) is 54.9 Å². The first-order valence-corrected chi connectivity index (χ1v) is 9.16. The van der Waals surface area contributed by atoms with E-state index >= 15 is 0 Å². The molecule has 3 amide bonds. The van der Waals surface area contributed by atoms with Gasteiger partial charge in [0.1, 0.15) is 0 Å². The van der Waals surface area contributed by atoms with Crippen molar-refractivity contribution >= 4 is 23.7 Å². The van der Waals surface area contributed by atoms with Gasteiger partial charge in [-0.3, -0.25) is 28.9 Å². The zero-order chi connectivity index (χ0) is 22.1. The van der Waals surface area contributed by atoms with Gasteiger partial charge < -0.3 is 10.4 Å². The molecule has 0 aliphatic carbocycles. The van der Waals surface area contributed by atoms with E-state index in [1.165, 1.54) is 0 Å². The van der Waals surface area contributed by atoms with Crippen molar-refractivity contribution in [3.05, 3.63) is 0 Å². The molecule has 0 aromatic carbocycles. The largest absolute Gasteiger partial charge is 0.481 e. The van der Waals surface area contributed by atoms with E-state index < -0.39 is 47.7 Å². The van der Waals surface area contributed by atoms with Gasteiger partial charge in [-0.2, -0.15) is 0 Å². The topological polar surface area (TPSA) is 143 Å². The Labute approximate surface area is 165 Å². The van der Waals surface area contributed by atoms with Crippen LogP contribution < -0.4 is 16.3 Å². The van der Waals surface area contributed by atoms with E-state index in [4.69, 9.17) is 14.8 Å². The molecule has 0 aromatic heterocycles. The summed E-state index contributed by atoms with van der Waals surface area (Å²) in [6.45, 7) is 12.5. The summed E-state index contributed by atoms with van der Waals surface area (Å²) in [7, 11) is 0. The van der Waals surface area contributed by atoms with Crippen LogP contribution >= 0.6 is 0 Å². The van der Waals surface area contributed by atoms with Crippen molar-refractivity contribution in [1.82, 2.24) is 16.3 Å². The highest BCUT2D eigenvalue weighted by atomic mass is 16.7. The lowest BCUT2D eigenvalue weighted by molar-refractivity contribution is -0.170. The Bertz CT molecular complexity index is 556. The predicted molar refractivity (Wildman–Crippen MR) is 100 cm³/mol. The predicted octanol–water partition coefficient (Wildman–Crippen LogP) is 0.768. The second kappa shape index (κ2) is 11.6. The molecule has 0 radical (unpaired) electrons. The molecule has 4 N–H and O–H groups in total. The first-order valence-electron chi connectivity index (χ1n) is 9.16. The van der Waals surface area contributed by atoms with Crippen molar-refractivity contribution in [1.29, 1.82) is 0 Å². The molecule has 10 heteroatoms. The van der Waals surface area contributed by atoms with Crippen LogP contribution in [0.5, 0.6) is 0 Å². The molecule has 0 rings (SSSR count). The number of hydrogen-bond acceptors (Lipinski definition) is 6. The maximum atomic E-state index is 12.3. The summed E-state index contributed by atoms with van der Waals surface area (Å²) >= 11 is 0. The smallest absolute Gasteiger partial charge is 0.306 e. The number of carbonyl (C=O) groups excluding carboxylic acids is 3. The fraction of sp³-hybridized carbons (Fsp3) is 0.778. The third-order valence-corrected chi connectivity index (χ3v) is 3.46. The van der Waals surface area contributed by atoms with Gasteiger partial charge in [0.15, 0.2) is 12.2 Å². The zero-order valence-electron chi connectivity index (χ0n) is 17.6. The maximum Gasteiger partial charge on any atom is 0.306 e. The van der Waals surface area contributed by atoms with E-state index in [1.54, 1.807) is 34.6 Å². The molecule has 0 saturated carbocycles. The van der Waals surface area contributed by atoms with Crippen molar-refractivity contribution < 1.29 is 34.0 Å². The molecule has 0 fully saturated rings. The van der Waals surface area contributed by atoms with Gasteiger partial charge in [-0.15, -0.1) is 0 Å². The minimum Gasteiger partial charge on any atom is -0.481 e. The molecular weight excluding hydrogens is 370 g/mol. The fourth-order valence-electron chi connectivity index (χ4n) is 1.71. The van der Waals surface area contributed by atoms with Gasteiger partial charge in [-0.05, 0) is 11.8 Å². The molecule has 162 valence electrons. The maximum absolute atomic E-state index is 12.3. The lowest BCUT2D eigenvalue weighted by Gasteiger charge is -2.24. The number of carboxylic acids is 1. The van der Waals surface area contributed by atoms with Crippen molar-refractivity contribution in [2.24, 2.45) is 17.3 Å². The molecule has 0 aliphatic heterocycles. The zero-order valence-corrected chi connectivity index (χ0v) is 17.6.